The summed E-state index contributed by atoms with van der Waals surface area (Å²) in [6, 6.07) is 0. The van der Waals surface area contributed by atoms with Gasteiger partial charge in [-0.15, -0.1) is 0 Å². The minimum atomic E-state index is 0. The molecule has 0 rings (SSSR count). The SMILES string of the molecule is [Br-].[Br-].[Cu+].[Na+]. The van der Waals surface area contributed by atoms with Crippen molar-refractivity contribution in [2.75, 3.05) is 0 Å². The molecule has 4 heteroatoms. The van der Waals surface area contributed by atoms with Crippen molar-refractivity contribution < 1.29 is 80.6 Å². The Kier molecular flexibility index (Phi) is 141. The van der Waals surface area contributed by atoms with Crippen LogP contribution in [0.25, 0.3) is 0 Å². The quantitative estimate of drug-likeness (QED) is 0.373. The second-order valence-electron chi connectivity index (χ2n) is 0. The van der Waals surface area contributed by atoms with Gasteiger partial charge in [0, 0.05) is 0 Å². The van der Waals surface area contributed by atoms with Crippen molar-refractivity contribution in [2.45, 2.75) is 0 Å². The molecular formula is Br2CuNa. The number of hydrogen-bond acceptors (Lipinski definition) is 0. The van der Waals surface area contributed by atoms with Gasteiger partial charge in [0.05, 0.1) is 0 Å². The van der Waals surface area contributed by atoms with Crippen molar-refractivity contribution in [1.82, 2.24) is 0 Å². The van der Waals surface area contributed by atoms with Crippen LogP contribution in [0.3, 0.4) is 0 Å². The predicted octanol–water partition coefficient (Wildman–Crippen LogP) is -8.99. The third-order valence-corrected chi connectivity index (χ3v) is 0. The van der Waals surface area contributed by atoms with Crippen molar-refractivity contribution in [3.8, 4) is 0 Å². The molecule has 4 heavy (non-hydrogen) atoms. The second-order valence-corrected chi connectivity index (χ2v) is 0. The van der Waals surface area contributed by atoms with Crippen LogP contribution >= 0.6 is 0 Å². The van der Waals surface area contributed by atoms with Crippen LogP contribution in [0.5, 0.6) is 0 Å². The summed E-state index contributed by atoms with van der Waals surface area (Å²) in [5.41, 5.74) is 0. The Morgan fingerprint density at radius 2 is 0.750 bits per heavy atom. The van der Waals surface area contributed by atoms with E-state index >= 15 is 0 Å². The molecule has 0 aromatic carbocycles. The van der Waals surface area contributed by atoms with Gasteiger partial charge in [0.25, 0.3) is 0 Å². The van der Waals surface area contributed by atoms with E-state index in [-0.39, 0.29) is 80.6 Å². The van der Waals surface area contributed by atoms with Crippen molar-refractivity contribution in [2.24, 2.45) is 0 Å². The molecule has 0 aromatic rings. The van der Waals surface area contributed by atoms with Gasteiger partial charge in [0.15, 0.2) is 0 Å². The summed E-state index contributed by atoms with van der Waals surface area (Å²) in [6.45, 7) is 0. The maximum atomic E-state index is 0. The Morgan fingerprint density at radius 3 is 0.750 bits per heavy atom. The maximum absolute atomic E-state index is 0. The zero-order valence-electron chi connectivity index (χ0n) is 2.06. The average Bonchev–Trinajstić information content (AvgIpc) is 0. The first kappa shape index (κ1) is 31.6. The van der Waals surface area contributed by atoms with Crippen molar-refractivity contribution in [1.29, 1.82) is 0 Å². The zero-order chi connectivity index (χ0) is 0. The molecule has 0 radical (unpaired) electrons. The van der Waals surface area contributed by atoms with Gasteiger partial charge in [-0.25, -0.2) is 0 Å². The minimum absolute atomic E-state index is 0. The molecule has 26 valence electrons. The summed E-state index contributed by atoms with van der Waals surface area (Å²) in [7, 11) is 0. The summed E-state index contributed by atoms with van der Waals surface area (Å²) in [5.74, 6) is 0. The second kappa shape index (κ2) is 17.9. The zero-order valence-corrected chi connectivity index (χ0v) is 8.17. The van der Waals surface area contributed by atoms with Crippen LogP contribution in [0, 0.1) is 0 Å². The van der Waals surface area contributed by atoms with Gasteiger partial charge in [0.2, 0.25) is 0 Å². The molecule has 0 bridgehead atoms. The average molecular weight is 246 g/mol. The molecule has 0 saturated carbocycles. The first-order valence-electron chi connectivity index (χ1n) is 0. The smallest absolute Gasteiger partial charge is 1.00 e. The van der Waals surface area contributed by atoms with E-state index in [1.54, 1.807) is 0 Å². The molecule has 0 nitrogen and oxygen atoms in total. The fourth-order valence-electron chi connectivity index (χ4n) is 0. The first-order valence-corrected chi connectivity index (χ1v) is 0. The Balaban J connectivity index is 0. The van der Waals surface area contributed by atoms with Crippen LogP contribution in [0.15, 0.2) is 0 Å². The van der Waals surface area contributed by atoms with Gasteiger partial charge in [0.1, 0.15) is 0 Å². The summed E-state index contributed by atoms with van der Waals surface area (Å²) in [6.07, 6.45) is 0. The molecule has 0 amide bonds. The Morgan fingerprint density at radius 1 is 0.750 bits per heavy atom. The van der Waals surface area contributed by atoms with E-state index in [0.717, 1.165) is 0 Å². The van der Waals surface area contributed by atoms with Crippen molar-refractivity contribution in [3.05, 3.63) is 0 Å². The van der Waals surface area contributed by atoms with Crippen LogP contribution < -0.4 is 63.5 Å². The van der Waals surface area contributed by atoms with Gasteiger partial charge in [-0.05, 0) is 0 Å². The molecule has 0 N–H and O–H groups in total. The monoisotopic (exact) mass is 244 g/mol. The van der Waals surface area contributed by atoms with Crippen LogP contribution in [0.2, 0.25) is 0 Å². The molecule has 0 aromatic heterocycles. The number of halogens is 2. The van der Waals surface area contributed by atoms with E-state index in [1.807, 2.05) is 0 Å². The van der Waals surface area contributed by atoms with E-state index in [1.165, 1.54) is 0 Å². The minimum Gasteiger partial charge on any atom is -1.00 e. The summed E-state index contributed by atoms with van der Waals surface area (Å²) < 4.78 is 0. The Labute approximate surface area is 79.4 Å². The Hall–Kier alpha value is 2.48. The molecule has 0 saturated heterocycles. The molecule has 0 aliphatic carbocycles. The van der Waals surface area contributed by atoms with E-state index in [4.69, 9.17) is 0 Å². The third-order valence-electron chi connectivity index (χ3n) is 0. The number of rotatable bonds is 0. The normalized spacial score (nSPS) is 0. The fraction of sp³-hybridized carbons (Fsp3) is 0. The molecule has 0 aliphatic rings. The number of hydrogen-bond donors (Lipinski definition) is 0. The predicted molar refractivity (Wildman–Crippen MR) is 0 cm³/mol. The standard InChI is InChI=1S/2BrH.Cu.Na/h2*1H;;/q;;2*+1/p-2. The van der Waals surface area contributed by atoms with Crippen LogP contribution in [-0.4, -0.2) is 0 Å². The summed E-state index contributed by atoms with van der Waals surface area (Å²) in [4.78, 5) is 0. The summed E-state index contributed by atoms with van der Waals surface area (Å²) >= 11 is 0. The van der Waals surface area contributed by atoms with Crippen molar-refractivity contribution in [3.63, 3.8) is 0 Å². The van der Waals surface area contributed by atoms with Crippen molar-refractivity contribution >= 4 is 0 Å². The topological polar surface area (TPSA) is 0 Å². The van der Waals surface area contributed by atoms with Gasteiger partial charge in [-0.3, -0.25) is 0 Å². The summed E-state index contributed by atoms with van der Waals surface area (Å²) in [5, 5.41) is 0. The first-order chi connectivity index (χ1) is 0. The molecule has 0 heterocycles. The maximum Gasteiger partial charge on any atom is 1.00 e. The molecule has 0 unspecified atom stereocenters. The van der Waals surface area contributed by atoms with Gasteiger partial charge in [-0.1, -0.05) is 0 Å². The Bertz CT molecular complexity index is 6.00. The molecule has 0 atom stereocenters. The van der Waals surface area contributed by atoms with Crippen LogP contribution in [-0.2, 0) is 17.1 Å². The van der Waals surface area contributed by atoms with E-state index in [2.05, 4.69) is 0 Å². The van der Waals surface area contributed by atoms with E-state index in [9.17, 15) is 0 Å². The molecule has 0 aliphatic heterocycles. The molecule has 0 spiro atoms. The van der Waals surface area contributed by atoms with Gasteiger partial charge < -0.3 is 34.0 Å². The molecule has 0 fully saturated rings. The van der Waals surface area contributed by atoms with Gasteiger partial charge in [-0.2, -0.15) is 0 Å². The van der Waals surface area contributed by atoms with E-state index < -0.39 is 0 Å². The van der Waals surface area contributed by atoms with Crippen LogP contribution in [0.1, 0.15) is 0 Å². The molecular weight excluding hydrogens is 246 g/mol. The fourth-order valence-corrected chi connectivity index (χ4v) is 0. The van der Waals surface area contributed by atoms with Crippen LogP contribution in [0.4, 0.5) is 0 Å². The largest absolute Gasteiger partial charge is 1.00 e. The van der Waals surface area contributed by atoms with E-state index in [0.29, 0.717) is 0 Å². The third kappa shape index (κ3) is 8.82. The van der Waals surface area contributed by atoms with Gasteiger partial charge >= 0.3 is 46.6 Å².